The van der Waals surface area contributed by atoms with Gasteiger partial charge >= 0.3 is 5.97 Å². The Hall–Kier alpha value is -2.24. The van der Waals surface area contributed by atoms with Gasteiger partial charge in [0.25, 0.3) is 0 Å². The van der Waals surface area contributed by atoms with Crippen molar-refractivity contribution in [2.45, 2.75) is 19.4 Å². The van der Waals surface area contributed by atoms with Crippen molar-refractivity contribution in [1.82, 2.24) is 5.32 Å². The minimum Gasteiger partial charge on any atom is -0.486 e. The van der Waals surface area contributed by atoms with E-state index in [0.717, 1.165) is 5.56 Å². The smallest absolute Gasteiger partial charge is 0.307 e. The Morgan fingerprint density at radius 1 is 1.24 bits per heavy atom. The lowest BCUT2D eigenvalue weighted by molar-refractivity contribution is -0.140. The molecular weight excluding hydrogens is 274 g/mol. The molecule has 1 saturated carbocycles. The molecular formula is C15H17NO5. The van der Waals surface area contributed by atoms with Gasteiger partial charge in [0, 0.05) is 0 Å². The number of hydrogen-bond acceptors (Lipinski definition) is 4. The number of hydrogen-bond donors (Lipinski definition) is 2. The predicted octanol–water partition coefficient (Wildman–Crippen LogP) is 1.36. The Balaban J connectivity index is 1.64. The van der Waals surface area contributed by atoms with Crippen LogP contribution in [0.15, 0.2) is 18.2 Å². The highest BCUT2D eigenvalue weighted by molar-refractivity contribution is 5.89. The van der Waals surface area contributed by atoms with Gasteiger partial charge in [0.15, 0.2) is 11.5 Å². The summed E-state index contributed by atoms with van der Waals surface area (Å²) in [6, 6.07) is 5.34. The molecule has 0 saturated heterocycles. The molecule has 2 N–H and O–H groups in total. The third-order valence-electron chi connectivity index (χ3n) is 3.87. The number of carbonyl (C=O) groups is 2. The van der Waals surface area contributed by atoms with Gasteiger partial charge in [0.2, 0.25) is 5.91 Å². The first-order valence-electron chi connectivity index (χ1n) is 6.99. The zero-order valence-electron chi connectivity index (χ0n) is 11.7. The molecule has 1 amide bonds. The van der Waals surface area contributed by atoms with Crippen LogP contribution in [0, 0.1) is 11.8 Å². The molecule has 0 unspecified atom stereocenters. The number of ether oxygens (including phenoxy) is 2. The van der Waals surface area contributed by atoms with E-state index in [1.165, 1.54) is 0 Å². The second-order valence-corrected chi connectivity index (χ2v) is 5.42. The van der Waals surface area contributed by atoms with Crippen molar-refractivity contribution in [3.8, 4) is 11.5 Å². The monoisotopic (exact) mass is 291 g/mol. The molecule has 112 valence electrons. The molecule has 1 aliphatic heterocycles. The fraction of sp³-hybridized carbons (Fsp3) is 0.467. The topological polar surface area (TPSA) is 84.9 Å². The van der Waals surface area contributed by atoms with Crippen LogP contribution in [0.5, 0.6) is 11.5 Å². The number of rotatable bonds is 4. The van der Waals surface area contributed by atoms with Crippen LogP contribution >= 0.6 is 0 Å². The number of carbonyl (C=O) groups excluding carboxylic acids is 1. The van der Waals surface area contributed by atoms with E-state index in [0.29, 0.717) is 31.1 Å². The Morgan fingerprint density at radius 2 is 1.95 bits per heavy atom. The van der Waals surface area contributed by atoms with Gasteiger partial charge in [-0.1, -0.05) is 6.07 Å². The van der Waals surface area contributed by atoms with E-state index in [1.54, 1.807) is 0 Å². The van der Waals surface area contributed by atoms with Crippen LogP contribution in [-0.2, 0) is 9.59 Å². The minimum absolute atomic E-state index is 0.204. The highest BCUT2D eigenvalue weighted by Gasteiger charge is 2.48. The maximum atomic E-state index is 12.0. The Labute approximate surface area is 122 Å². The van der Waals surface area contributed by atoms with Crippen molar-refractivity contribution in [2.75, 3.05) is 13.2 Å². The van der Waals surface area contributed by atoms with E-state index in [1.807, 2.05) is 25.1 Å². The highest BCUT2D eigenvalue weighted by Crippen LogP contribution is 2.39. The van der Waals surface area contributed by atoms with Gasteiger partial charge in [-0.15, -0.1) is 0 Å². The lowest BCUT2D eigenvalue weighted by Gasteiger charge is -2.21. The van der Waals surface area contributed by atoms with Gasteiger partial charge in [-0.05, 0) is 31.0 Å². The number of benzene rings is 1. The maximum Gasteiger partial charge on any atom is 0.307 e. The number of aliphatic carboxylic acids is 1. The third-order valence-corrected chi connectivity index (χ3v) is 3.87. The molecule has 1 aromatic carbocycles. The molecule has 1 heterocycles. The Bertz CT molecular complexity index is 585. The second-order valence-electron chi connectivity index (χ2n) is 5.42. The average Bonchev–Trinajstić information content (AvgIpc) is 3.27. The zero-order chi connectivity index (χ0) is 15.0. The summed E-state index contributed by atoms with van der Waals surface area (Å²) in [5, 5.41) is 11.7. The molecule has 6 nitrogen and oxygen atoms in total. The normalized spacial score (nSPS) is 24.0. The van der Waals surface area contributed by atoms with Gasteiger partial charge in [0.05, 0.1) is 17.9 Å². The lowest BCUT2D eigenvalue weighted by atomic mass is 10.1. The van der Waals surface area contributed by atoms with Crippen LogP contribution in [0.4, 0.5) is 0 Å². The highest BCUT2D eigenvalue weighted by atomic mass is 16.6. The first-order chi connectivity index (χ1) is 10.1. The van der Waals surface area contributed by atoms with Crippen LogP contribution < -0.4 is 14.8 Å². The van der Waals surface area contributed by atoms with E-state index in [9.17, 15) is 9.59 Å². The zero-order valence-corrected chi connectivity index (χ0v) is 11.7. The molecule has 0 spiro atoms. The summed E-state index contributed by atoms with van der Waals surface area (Å²) in [4.78, 5) is 22.7. The van der Waals surface area contributed by atoms with Crippen molar-refractivity contribution in [3.05, 3.63) is 23.8 Å². The molecule has 0 aromatic heterocycles. The van der Waals surface area contributed by atoms with Crippen molar-refractivity contribution in [3.63, 3.8) is 0 Å². The summed E-state index contributed by atoms with van der Waals surface area (Å²) in [6.45, 7) is 2.91. The summed E-state index contributed by atoms with van der Waals surface area (Å²) in [7, 11) is 0. The molecule has 1 fully saturated rings. The van der Waals surface area contributed by atoms with Crippen LogP contribution in [0.25, 0.3) is 0 Å². The van der Waals surface area contributed by atoms with Crippen molar-refractivity contribution < 1.29 is 24.2 Å². The number of amides is 1. The van der Waals surface area contributed by atoms with Crippen LogP contribution in [-0.4, -0.2) is 30.2 Å². The van der Waals surface area contributed by atoms with E-state index < -0.39 is 17.8 Å². The molecule has 3 atom stereocenters. The van der Waals surface area contributed by atoms with Crippen molar-refractivity contribution >= 4 is 11.9 Å². The number of fused-ring (bicyclic) bond motifs is 1. The van der Waals surface area contributed by atoms with Crippen molar-refractivity contribution in [2.24, 2.45) is 11.8 Å². The molecule has 6 heteroatoms. The molecule has 2 aliphatic rings. The fourth-order valence-corrected chi connectivity index (χ4v) is 2.49. The predicted molar refractivity (Wildman–Crippen MR) is 73.2 cm³/mol. The number of carboxylic acids is 1. The second kappa shape index (κ2) is 5.27. The third kappa shape index (κ3) is 2.79. The number of carboxylic acid groups (broad SMARTS) is 1. The molecule has 0 bridgehead atoms. The number of nitrogens with one attached hydrogen (secondary N) is 1. The van der Waals surface area contributed by atoms with E-state index in [4.69, 9.17) is 14.6 Å². The van der Waals surface area contributed by atoms with E-state index >= 15 is 0 Å². The standard InChI is InChI=1S/C15H17NO5/c1-8(16-14(17)10-7-11(10)15(18)19)9-2-3-12-13(6-9)21-5-4-20-12/h2-3,6,8,10-11H,4-5,7H2,1H3,(H,16,17)(H,18,19)/t8-,10+,11-/m0/s1. The molecule has 0 radical (unpaired) electrons. The molecule has 21 heavy (non-hydrogen) atoms. The quantitative estimate of drug-likeness (QED) is 0.875. The first kappa shape index (κ1) is 13.7. The summed E-state index contributed by atoms with van der Waals surface area (Å²) >= 11 is 0. The average molecular weight is 291 g/mol. The Morgan fingerprint density at radius 3 is 2.62 bits per heavy atom. The maximum absolute atomic E-state index is 12.0. The summed E-state index contributed by atoms with van der Waals surface area (Å²) in [6.07, 6.45) is 0.426. The van der Waals surface area contributed by atoms with Gasteiger partial charge in [-0.3, -0.25) is 9.59 Å². The van der Waals surface area contributed by atoms with Crippen LogP contribution in [0.1, 0.15) is 24.9 Å². The lowest BCUT2D eigenvalue weighted by Crippen LogP contribution is -2.29. The fourth-order valence-electron chi connectivity index (χ4n) is 2.49. The summed E-state index contributed by atoms with van der Waals surface area (Å²) < 4.78 is 11.0. The van der Waals surface area contributed by atoms with Crippen LogP contribution in [0.2, 0.25) is 0 Å². The van der Waals surface area contributed by atoms with Crippen LogP contribution in [0.3, 0.4) is 0 Å². The van der Waals surface area contributed by atoms with Crippen molar-refractivity contribution in [1.29, 1.82) is 0 Å². The SMILES string of the molecule is C[C@H](NC(=O)[C@@H]1C[C@@H]1C(=O)O)c1ccc2c(c1)OCCO2. The Kier molecular flexibility index (Phi) is 3.45. The molecule has 1 aromatic rings. The molecule has 3 rings (SSSR count). The first-order valence-corrected chi connectivity index (χ1v) is 6.99. The van der Waals surface area contributed by atoms with Gasteiger partial charge in [-0.2, -0.15) is 0 Å². The summed E-state index contributed by atoms with van der Waals surface area (Å²) in [5.41, 5.74) is 0.903. The van der Waals surface area contributed by atoms with E-state index in [2.05, 4.69) is 5.32 Å². The summed E-state index contributed by atoms with van der Waals surface area (Å²) in [5.74, 6) is -0.655. The minimum atomic E-state index is -0.901. The molecule has 1 aliphatic carbocycles. The largest absolute Gasteiger partial charge is 0.486 e. The van der Waals surface area contributed by atoms with E-state index in [-0.39, 0.29) is 11.9 Å². The van der Waals surface area contributed by atoms with Gasteiger partial charge in [0.1, 0.15) is 13.2 Å². The van der Waals surface area contributed by atoms with Gasteiger partial charge < -0.3 is 19.9 Å². The van der Waals surface area contributed by atoms with Gasteiger partial charge in [-0.25, -0.2) is 0 Å².